The molecule has 2 fully saturated rings. The van der Waals surface area contributed by atoms with Crippen molar-refractivity contribution in [3.63, 3.8) is 0 Å². The molecule has 4 amide bonds. The first-order chi connectivity index (χ1) is 16.9. The molecule has 35 heavy (non-hydrogen) atoms. The third-order valence-electron chi connectivity index (χ3n) is 5.80. The smallest absolute Gasteiger partial charge is 0.329 e. The number of para-hydroxylation sites is 1. The van der Waals surface area contributed by atoms with E-state index in [1.165, 1.54) is 12.1 Å². The van der Waals surface area contributed by atoms with E-state index in [0.29, 0.717) is 49.7 Å². The van der Waals surface area contributed by atoms with E-state index < -0.39 is 29.3 Å². The van der Waals surface area contributed by atoms with E-state index in [4.69, 9.17) is 4.74 Å². The standard InChI is InChI=1S/C24H25N5O6/c1-2-17-5-3-4-6-18(17)25-22(30)15-28-23(31)19(26-24(28)32)13-16-7-8-20(21(14-16)29(33)34)27-9-11-35-12-10-27/h3-8,13-14H,2,9-12,15H2,1H3,(H,25,30)(H,26,32)/b19-13+. The van der Waals surface area contributed by atoms with Gasteiger partial charge in [0, 0.05) is 24.8 Å². The zero-order valence-electron chi connectivity index (χ0n) is 19.2. The highest BCUT2D eigenvalue weighted by Crippen LogP contribution is 2.31. The highest BCUT2D eigenvalue weighted by atomic mass is 16.6. The third-order valence-corrected chi connectivity index (χ3v) is 5.80. The summed E-state index contributed by atoms with van der Waals surface area (Å²) in [5.41, 5.74) is 2.22. The number of amides is 4. The lowest BCUT2D eigenvalue weighted by molar-refractivity contribution is -0.384. The van der Waals surface area contributed by atoms with Gasteiger partial charge in [-0.25, -0.2) is 9.69 Å². The second kappa shape index (κ2) is 10.3. The van der Waals surface area contributed by atoms with Gasteiger partial charge in [-0.2, -0.15) is 0 Å². The molecular formula is C24H25N5O6. The average Bonchev–Trinajstić information content (AvgIpc) is 3.12. The van der Waals surface area contributed by atoms with Crippen LogP contribution in [-0.4, -0.2) is 60.5 Å². The predicted molar refractivity (Wildman–Crippen MR) is 129 cm³/mol. The number of carbonyl (C=O) groups is 3. The summed E-state index contributed by atoms with van der Waals surface area (Å²) in [5.74, 6) is -1.20. The average molecular weight is 479 g/mol. The van der Waals surface area contributed by atoms with E-state index >= 15 is 0 Å². The summed E-state index contributed by atoms with van der Waals surface area (Å²) in [6, 6.07) is 11.2. The fourth-order valence-electron chi connectivity index (χ4n) is 4.01. The number of urea groups is 1. The van der Waals surface area contributed by atoms with E-state index in [-0.39, 0.29) is 11.4 Å². The number of rotatable bonds is 7. The highest BCUT2D eigenvalue weighted by Gasteiger charge is 2.35. The fraction of sp³-hybridized carbons (Fsp3) is 0.292. The lowest BCUT2D eigenvalue weighted by atomic mass is 10.1. The minimum Gasteiger partial charge on any atom is -0.378 e. The van der Waals surface area contributed by atoms with Crippen molar-refractivity contribution in [3.05, 3.63) is 69.4 Å². The Balaban J connectivity index is 1.49. The zero-order valence-corrected chi connectivity index (χ0v) is 19.2. The minimum atomic E-state index is -0.736. The summed E-state index contributed by atoms with van der Waals surface area (Å²) in [7, 11) is 0. The molecule has 2 saturated heterocycles. The molecule has 2 heterocycles. The van der Waals surface area contributed by atoms with Crippen LogP contribution in [0.4, 0.5) is 21.9 Å². The molecule has 2 aliphatic rings. The molecule has 182 valence electrons. The Morgan fingerprint density at radius 2 is 1.94 bits per heavy atom. The van der Waals surface area contributed by atoms with Gasteiger partial charge in [0.05, 0.1) is 18.1 Å². The summed E-state index contributed by atoms with van der Waals surface area (Å²) >= 11 is 0. The monoisotopic (exact) mass is 479 g/mol. The maximum absolute atomic E-state index is 12.8. The fourth-order valence-corrected chi connectivity index (χ4v) is 4.01. The lowest BCUT2D eigenvalue weighted by Crippen LogP contribution is -2.38. The molecule has 0 atom stereocenters. The van der Waals surface area contributed by atoms with Gasteiger partial charge in [0.25, 0.3) is 11.6 Å². The van der Waals surface area contributed by atoms with Crippen LogP contribution in [0.25, 0.3) is 6.08 Å². The molecule has 0 unspecified atom stereocenters. The number of benzene rings is 2. The van der Waals surface area contributed by atoms with E-state index in [9.17, 15) is 24.5 Å². The van der Waals surface area contributed by atoms with Crippen LogP contribution < -0.4 is 15.5 Å². The highest BCUT2D eigenvalue weighted by molar-refractivity contribution is 6.16. The first-order valence-corrected chi connectivity index (χ1v) is 11.2. The molecule has 0 bridgehead atoms. The lowest BCUT2D eigenvalue weighted by Gasteiger charge is -2.28. The molecule has 2 aliphatic heterocycles. The molecule has 11 nitrogen and oxygen atoms in total. The van der Waals surface area contributed by atoms with E-state index in [2.05, 4.69) is 10.6 Å². The molecule has 2 aromatic carbocycles. The maximum atomic E-state index is 12.8. The molecule has 11 heteroatoms. The second-order valence-corrected chi connectivity index (χ2v) is 8.04. The number of hydrogen-bond acceptors (Lipinski definition) is 7. The molecule has 4 rings (SSSR count). The van der Waals surface area contributed by atoms with Gasteiger partial charge in [0.2, 0.25) is 5.91 Å². The number of carbonyl (C=O) groups excluding carboxylic acids is 3. The number of nitro groups is 1. The Bertz CT molecular complexity index is 1200. The van der Waals surface area contributed by atoms with Crippen molar-refractivity contribution in [1.82, 2.24) is 10.2 Å². The Kier molecular flexibility index (Phi) is 7.06. The van der Waals surface area contributed by atoms with Crippen LogP contribution in [0.5, 0.6) is 0 Å². The van der Waals surface area contributed by atoms with Crippen LogP contribution in [0.1, 0.15) is 18.1 Å². The van der Waals surface area contributed by atoms with Crippen molar-refractivity contribution >= 4 is 41.0 Å². The molecule has 0 aromatic heterocycles. The second-order valence-electron chi connectivity index (χ2n) is 8.04. The van der Waals surface area contributed by atoms with Crippen LogP contribution in [0.2, 0.25) is 0 Å². The number of nitrogens with zero attached hydrogens (tertiary/aromatic N) is 3. The first kappa shape index (κ1) is 23.9. The van der Waals surface area contributed by atoms with Gasteiger partial charge < -0.3 is 20.3 Å². The van der Waals surface area contributed by atoms with Crippen molar-refractivity contribution in [2.24, 2.45) is 0 Å². The van der Waals surface area contributed by atoms with Crippen molar-refractivity contribution in [1.29, 1.82) is 0 Å². The van der Waals surface area contributed by atoms with Crippen molar-refractivity contribution in [2.75, 3.05) is 43.1 Å². The summed E-state index contributed by atoms with van der Waals surface area (Å²) in [4.78, 5) is 51.6. The third kappa shape index (κ3) is 5.30. The van der Waals surface area contributed by atoms with Crippen molar-refractivity contribution in [2.45, 2.75) is 13.3 Å². The minimum absolute atomic E-state index is 0.0646. The van der Waals surface area contributed by atoms with E-state index in [1.807, 2.05) is 24.0 Å². The van der Waals surface area contributed by atoms with Gasteiger partial charge in [-0.3, -0.25) is 19.7 Å². The maximum Gasteiger partial charge on any atom is 0.329 e. The number of hydrogen-bond donors (Lipinski definition) is 2. The number of ether oxygens (including phenoxy) is 1. The Hall–Kier alpha value is -4.25. The van der Waals surface area contributed by atoms with Crippen LogP contribution in [0.15, 0.2) is 48.2 Å². The van der Waals surface area contributed by atoms with Gasteiger partial charge in [0.15, 0.2) is 0 Å². The molecular weight excluding hydrogens is 454 g/mol. The molecule has 0 radical (unpaired) electrons. The largest absolute Gasteiger partial charge is 0.378 e. The van der Waals surface area contributed by atoms with Gasteiger partial charge in [-0.1, -0.05) is 31.2 Å². The SMILES string of the molecule is CCc1ccccc1NC(=O)CN1C(=O)N/C(=C/c2ccc(N3CCOCC3)c([N+](=O)[O-])c2)C1=O. The number of imide groups is 1. The quantitative estimate of drug-likeness (QED) is 0.270. The predicted octanol–water partition coefficient (Wildman–Crippen LogP) is 2.53. The van der Waals surface area contributed by atoms with Gasteiger partial charge in [-0.15, -0.1) is 0 Å². The summed E-state index contributed by atoms with van der Waals surface area (Å²) < 4.78 is 5.31. The normalized spacial score (nSPS) is 17.0. The van der Waals surface area contributed by atoms with Crippen LogP contribution in [-0.2, 0) is 20.7 Å². The molecule has 0 saturated carbocycles. The molecule has 2 aromatic rings. The molecule has 2 N–H and O–H groups in total. The summed E-state index contributed by atoms with van der Waals surface area (Å²) in [6.45, 7) is 3.53. The topological polar surface area (TPSA) is 134 Å². The van der Waals surface area contributed by atoms with Gasteiger partial charge in [-0.05, 0) is 35.8 Å². The van der Waals surface area contributed by atoms with Crippen molar-refractivity contribution in [3.8, 4) is 0 Å². The van der Waals surface area contributed by atoms with Gasteiger partial charge in [0.1, 0.15) is 17.9 Å². The molecule has 0 spiro atoms. The number of nitrogens with one attached hydrogen (secondary N) is 2. The zero-order chi connectivity index (χ0) is 24.9. The first-order valence-electron chi connectivity index (χ1n) is 11.2. The number of nitro benzene ring substituents is 1. The Labute approximate surface area is 201 Å². The summed E-state index contributed by atoms with van der Waals surface area (Å²) in [6.07, 6.45) is 2.07. The van der Waals surface area contributed by atoms with Crippen LogP contribution in [0.3, 0.4) is 0 Å². The number of aryl methyl sites for hydroxylation is 1. The van der Waals surface area contributed by atoms with Gasteiger partial charge >= 0.3 is 6.03 Å². The number of morpholine rings is 1. The van der Waals surface area contributed by atoms with E-state index in [1.54, 1.807) is 24.3 Å². The van der Waals surface area contributed by atoms with Crippen LogP contribution in [0, 0.1) is 10.1 Å². The molecule has 0 aliphatic carbocycles. The summed E-state index contributed by atoms with van der Waals surface area (Å²) in [5, 5.41) is 16.8. The number of anilines is 2. The Morgan fingerprint density at radius 1 is 1.20 bits per heavy atom. The van der Waals surface area contributed by atoms with Crippen molar-refractivity contribution < 1.29 is 24.0 Å². The van der Waals surface area contributed by atoms with E-state index in [0.717, 1.165) is 10.5 Å². The Morgan fingerprint density at radius 3 is 2.66 bits per heavy atom. The van der Waals surface area contributed by atoms with Crippen LogP contribution >= 0.6 is 0 Å².